The predicted molar refractivity (Wildman–Crippen MR) is 138 cm³/mol. The minimum absolute atomic E-state index is 0.0619. The number of benzene rings is 1. The maximum atomic E-state index is 13.9. The van der Waals surface area contributed by atoms with Crippen LogP contribution in [0.2, 0.25) is 0 Å². The van der Waals surface area contributed by atoms with Crippen molar-refractivity contribution in [3.63, 3.8) is 0 Å². The molecule has 0 radical (unpaired) electrons. The van der Waals surface area contributed by atoms with Crippen molar-refractivity contribution in [2.45, 2.75) is 38.6 Å². The normalized spacial score (nSPS) is 22.9. The number of β-lactam (4-membered cyclic amide) rings is 1. The van der Waals surface area contributed by atoms with Gasteiger partial charge in [0, 0.05) is 18.4 Å². The van der Waals surface area contributed by atoms with E-state index in [4.69, 9.17) is 4.74 Å². The van der Waals surface area contributed by atoms with Crippen LogP contribution in [0.5, 0.6) is 0 Å². The monoisotopic (exact) mass is 581 g/mol. The maximum absolute atomic E-state index is 13.9. The van der Waals surface area contributed by atoms with Gasteiger partial charge in [-0.3, -0.25) is 14.5 Å². The molecule has 2 aliphatic rings. The second-order valence-electron chi connectivity index (χ2n) is 7.83. The van der Waals surface area contributed by atoms with Gasteiger partial charge < -0.3 is 4.74 Å². The highest BCUT2D eigenvalue weighted by atomic mass is 32.3. The Morgan fingerprint density at radius 1 is 1.06 bits per heavy atom. The van der Waals surface area contributed by atoms with Crippen molar-refractivity contribution in [2.24, 2.45) is 0 Å². The minimum Gasteiger partial charge on any atom is -0.368 e. The Morgan fingerprint density at radius 3 is 2.28 bits per heavy atom. The number of sulfone groups is 1. The first-order valence-electron chi connectivity index (χ1n) is 10.5. The van der Waals surface area contributed by atoms with Gasteiger partial charge >= 0.3 is 0 Å². The predicted octanol–water partition coefficient (Wildman–Crippen LogP) is 2.97. The Kier molecular flexibility index (Phi) is 7.04. The molecule has 0 saturated carbocycles. The van der Waals surface area contributed by atoms with E-state index in [1.807, 2.05) is 6.92 Å². The number of amides is 1. The zero-order valence-corrected chi connectivity index (χ0v) is 23.2. The van der Waals surface area contributed by atoms with Crippen LogP contribution >= 0.6 is 46.2 Å². The smallest absolute Gasteiger partial charge is 0.260 e. The second kappa shape index (κ2) is 9.95. The molecule has 2 aromatic heterocycles. The Bertz CT molecular complexity index is 1470. The highest BCUT2D eigenvalue weighted by Crippen LogP contribution is 2.48. The molecular weight excluding hydrogens is 563 g/mol. The van der Waals surface area contributed by atoms with Gasteiger partial charge in [-0.05, 0) is 19.4 Å². The van der Waals surface area contributed by atoms with E-state index in [0.717, 1.165) is 21.7 Å². The molecule has 10 nitrogen and oxygen atoms in total. The fourth-order valence-electron chi connectivity index (χ4n) is 3.95. The third-order valence-electron chi connectivity index (χ3n) is 5.54. The van der Waals surface area contributed by atoms with Crippen molar-refractivity contribution in [3.8, 4) is 0 Å². The highest BCUT2D eigenvalue weighted by molar-refractivity contribution is 8.15. The summed E-state index contributed by atoms with van der Waals surface area (Å²) in [6.45, 7) is 3.60. The lowest BCUT2D eigenvalue weighted by molar-refractivity contribution is -0.158. The van der Waals surface area contributed by atoms with Crippen molar-refractivity contribution in [1.29, 1.82) is 0 Å². The maximum Gasteiger partial charge on any atom is 0.260 e. The summed E-state index contributed by atoms with van der Waals surface area (Å²) in [5, 5.41) is 16.4. The van der Waals surface area contributed by atoms with E-state index >= 15 is 0 Å². The number of thioether (sulfide) groups is 2. The van der Waals surface area contributed by atoms with Gasteiger partial charge in [-0.2, -0.15) is 0 Å². The molecule has 0 aliphatic carbocycles. The Labute approximate surface area is 223 Å². The molecule has 15 heteroatoms. The van der Waals surface area contributed by atoms with Gasteiger partial charge in [-0.15, -0.1) is 20.4 Å². The first-order valence-corrected chi connectivity index (χ1v) is 15.6. The van der Waals surface area contributed by atoms with Crippen LogP contribution in [0.4, 0.5) is 0 Å². The van der Waals surface area contributed by atoms with Crippen LogP contribution in [0, 0.1) is 13.8 Å². The summed E-state index contributed by atoms with van der Waals surface area (Å²) in [5.41, 5.74) is 0.717. The number of ketones is 1. The van der Waals surface area contributed by atoms with Crippen molar-refractivity contribution in [2.75, 3.05) is 12.9 Å². The lowest BCUT2D eigenvalue weighted by Gasteiger charge is -2.50. The van der Waals surface area contributed by atoms with Gasteiger partial charge in [-0.1, -0.05) is 76.5 Å². The van der Waals surface area contributed by atoms with E-state index in [2.05, 4.69) is 20.4 Å². The number of allylic oxidation sites excluding steroid dienone is 1. The van der Waals surface area contributed by atoms with Crippen molar-refractivity contribution < 1.29 is 22.7 Å². The molecule has 188 valence electrons. The molecule has 1 amide bonds. The van der Waals surface area contributed by atoms with Gasteiger partial charge in [0.15, 0.2) is 30.0 Å². The topological polar surface area (TPSA) is 132 Å². The first kappa shape index (κ1) is 25.5. The summed E-state index contributed by atoms with van der Waals surface area (Å²) < 4.78 is 33.0. The third kappa shape index (κ3) is 4.41. The van der Waals surface area contributed by atoms with Crippen LogP contribution in [-0.4, -0.2) is 74.3 Å². The number of hydrogen-bond donors (Lipinski definition) is 0. The summed E-state index contributed by atoms with van der Waals surface area (Å²) in [6.07, 6.45) is -1.19. The van der Waals surface area contributed by atoms with E-state index in [0.29, 0.717) is 24.8 Å². The molecule has 0 spiro atoms. The molecule has 1 aromatic carbocycles. The van der Waals surface area contributed by atoms with Crippen molar-refractivity contribution >= 4 is 67.7 Å². The number of Topliss-reactive ketones (excluding diaryl/α,β-unsaturated/α-hetero) is 1. The zero-order valence-electron chi connectivity index (χ0n) is 19.1. The molecule has 5 rings (SSSR count). The summed E-state index contributed by atoms with van der Waals surface area (Å²) in [4.78, 5) is 27.9. The number of ether oxygens (including phenoxy) is 1. The van der Waals surface area contributed by atoms with E-state index in [9.17, 15) is 18.0 Å². The molecule has 0 bridgehead atoms. The van der Waals surface area contributed by atoms with E-state index in [-0.39, 0.29) is 11.4 Å². The largest absolute Gasteiger partial charge is 0.368 e. The van der Waals surface area contributed by atoms with Crippen LogP contribution in [0.3, 0.4) is 0 Å². The number of carbonyl (C=O) groups excluding carboxylic acids is 2. The molecule has 36 heavy (non-hydrogen) atoms. The lowest BCUT2D eigenvalue weighted by Crippen LogP contribution is -2.71. The number of carbonyl (C=O) groups is 2. The lowest BCUT2D eigenvalue weighted by atomic mass is 9.99. The average Bonchev–Trinajstić information content (AvgIpc) is 3.47. The minimum atomic E-state index is -4.02. The van der Waals surface area contributed by atoms with Crippen LogP contribution in [0.25, 0.3) is 0 Å². The number of fused-ring (bicyclic) bond motifs is 1. The van der Waals surface area contributed by atoms with Gasteiger partial charge in [0.2, 0.25) is 5.78 Å². The quantitative estimate of drug-likeness (QED) is 0.221. The Hall–Kier alpha value is -2.17. The standard InChI is InChI=1S/C21H19N5O5S5/c1-10-22-24-20(33-10)32-9-13-14(15(27)12-7-5-4-6-8-12)26-17(28)16(31-3)18(26)36(29,30)19(13)35-21-25-23-11(2)34-21/h4-8,16,18-19H,9H2,1-3H3/t16-,18?,19-/m0/s1. The van der Waals surface area contributed by atoms with Gasteiger partial charge in [0.05, 0.1) is 5.70 Å². The summed E-state index contributed by atoms with van der Waals surface area (Å²) in [6, 6.07) is 8.49. The number of hydrogen-bond acceptors (Lipinski definition) is 13. The molecular formula is C21H19N5O5S5. The van der Waals surface area contributed by atoms with Crippen molar-refractivity contribution in [1.82, 2.24) is 25.3 Å². The molecule has 1 saturated heterocycles. The van der Waals surface area contributed by atoms with E-state index in [1.54, 1.807) is 37.3 Å². The summed E-state index contributed by atoms with van der Waals surface area (Å²) in [5.74, 6) is -0.873. The Balaban J connectivity index is 1.67. The number of methoxy groups -OCH3 is 1. The summed E-state index contributed by atoms with van der Waals surface area (Å²) >= 11 is 4.92. The molecule has 2 aliphatic heterocycles. The molecule has 3 aromatic rings. The van der Waals surface area contributed by atoms with Gasteiger partial charge in [-0.25, -0.2) is 8.42 Å². The third-order valence-corrected chi connectivity index (χ3v) is 12.6. The Morgan fingerprint density at radius 2 is 1.69 bits per heavy atom. The number of nitrogens with zero attached hydrogens (tertiary/aromatic N) is 5. The fraction of sp³-hybridized carbons (Fsp3) is 0.333. The zero-order chi connectivity index (χ0) is 25.6. The SMILES string of the molecule is CO[C@H]1C(=O)N2C(C(=O)c3ccccc3)=C(CSc3nnc(C)s3)[C@@H](Sc3nnc(C)s3)S(=O)(=O)C12. The van der Waals surface area contributed by atoms with Gasteiger partial charge in [0.25, 0.3) is 5.91 Å². The number of aryl methyl sites for hydroxylation is 2. The molecule has 4 heterocycles. The first-order chi connectivity index (χ1) is 17.2. The van der Waals surface area contributed by atoms with Crippen LogP contribution < -0.4 is 0 Å². The number of aromatic nitrogens is 4. The fourth-order valence-corrected chi connectivity index (χ4v) is 11.2. The van der Waals surface area contributed by atoms with Crippen LogP contribution in [0.1, 0.15) is 20.4 Å². The number of rotatable bonds is 8. The molecule has 3 atom stereocenters. The highest BCUT2D eigenvalue weighted by Gasteiger charge is 2.63. The van der Waals surface area contributed by atoms with E-state index in [1.165, 1.54) is 41.5 Å². The second-order valence-corrected chi connectivity index (χ2v) is 15.2. The van der Waals surface area contributed by atoms with E-state index < -0.39 is 37.6 Å². The van der Waals surface area contributed by atoms with Crippen LogP contribution in [0.15, 0.2) is 50.3 Å². The average molecular weight is 582 g/mol. The molecule has 1 unspecified atom stereocenters. The van der Waals surface area contributed by atoms with Crippen LogP contribution in [-0.2, 0) is 19.4 Å². The van der Waals surface area contributed by atoms with Gasteiger partial charge in [0.1, 0.15) is 14.6 Å². The molecule has 0 N–H and O–H groups in total. The summed E-state index contributed by atoms with van der Waals surface area (Å²) in [7, 11) is -2.73. The van der Waals surface area contributed by atoms with Crippen molar-refractivity contribution in [3.05, 3.63) is 57.2 Å². The molecule has 1 fully saturated rings.